The highest BCUT2D eigenvalue weighted by Gasteiger charge is 2.30. The summed E-state index contributed by atoms with van der Waals surface area (Å²) in [5.41, 5.74) is 5.35. The van der Waals surface area contributed by atoms with Crippen molar-refractivity contribution in [2.75, 3.05) is 18.2 Å². The van der Waals surface area contributed by atoms with Crippen molar-refractivity contribution in [3.8, 4) is 5.69 Å². The number of anilines is 1. The molecule has 2 aromatic carbocycles. The minimum Gasteiger partial charge on any atom is -0.465 e. The molecule has 0 spiro atoms. The van der Waals surface area contributed by atoms with Crippen LogP contribution in [0.3, 0.4) is 0 Å². The predicted octanol–water partition coefficient (Wildman–Crippen LogP) is 4.05. The second kappa shape index (κ2) is 7.75. The fourth-order valence-corrected chi connectivity index (χ4v) is 4.72. The molecule has 0 saturated carbocycles. The Balaban J connectivity index is 1.83. The quantitative estimate of drug-likeness (QED) is 0.663. The molecule has 0 saturated heterocycles. The van der Waals surface area contributed by atoms with Gasteiger partial charge >= 0.3 is 5.97 Å². The topological polar surface area (TPSA) is 73.2 Å². The number of hydrogen-bond acceptors (Lipinski definition) is 5. The van der Waals surface area contributed by atoms with E-state index < -0.39 is 0 Å². The van der Waals surface area contributed by atoms with Crippen LogP contribution in [0.15, 0.2) is 48.5 Å². The van der Waals surface area contributed by atoms with E-state index in [1.54, 1.807) is 23.9 Å². The van der Waals surface area contributed by atoms with Crippen LogP contribution in [0.25, 0.3) is 5.69 Å². The van der Waals surface area contributed by atoms with Gasteiger partial charge in [-0.3, -0.25) is 4.79 Å². The Morgan fingerprint density at radius 3 is 2.59 bits per heavy atom. The van der Waals surface area contributed by atoms with E-state index in [4.69, 9.17) is 9.84 Å². The molecule has 1 amide bonds. The van der Waals surface area contributed by atoms with Crippen LogP contribution in [-0.4, -0.2) is 34.5 Å². The number of amides is 1. The lowest BCUT2D eigenvalue weighted by atomic mass is 10.0. The van der Waals surface area contributed by atoms with Crippen molar-refractivity contribution in [1.29, 1.82) is 0 Å². The van der Waals surface area contributed by atoms with Gasteiger partial charge in [-0.05, 0) is 43.2 Å². The molecule has 1 unspecified atom stereocenters. The number of para-hydroxylation sites is 1. The first-order valence-electron chi connectivity index (χ1n) is 9.25. The Morgan fingerprint density at radius 1 is 1.17 bits per heavy atom. The Labute approximate surface area is 173 Å². The molecule has 148 valence electrons. The highest BCUT2D eigenvalue weighted by Crippen LogP contribution is 2.44. The van der Waals surface area contributed by atoms with E-state index in [1.807, 2.05) is 54.9 Å². The van der Waals surface area contributed by atoms with Gasteiger partial charge in [0, 0.05) is 5.56 Å². The molecular weight excluding hydrogens is 386 g/mol. The van der Waals surface area contributed by atoms with Gasteiger partial charge in [-0.25, -0.2) is 9.48 Å². The van der Waals surface area contributed by atoms with E-state index in [9.17, 15) is 9.59 Å². The van der Waals surface area contributed by atoms with Crippen LogP contribution in [0.1, 0.15) is 38.0 Å². The molecule has 6 nitrogen and oxygen atoms in total. The number of hydrogen-bond donors (Lipinski definition) is 1. The number of nitrogens with one attached hydrogen (secondary N) is 1. The van der Waals surface area contributed by atoms with E-state index >= 15 is 0 Å². The van der Waals surface area contributed by atoms with Gasteiger partial charge in [0.15, 0.2) is 0 Å². The average molecular weight is 407 g/mol. The molecule has 0 bridgehead atoms. The smallest absolute Gasteiger partial charge is 0.337 e. The number of benzene rings is 2. The first-order valence-corrected chi connectivity index (χ1v) is 10.3. The lowest BCUT2D eigenvalue weighted by Gasteiger charge is -2.16. The largest absolute Gasteiger partial charge is 0.465 e. The number of thioether (sulfide) groups is 1. The fraction of sp³-hybridized carbons (Fsp3) is 0.227. The van der Waals surface area contributed by atoms with Crippen molar-refractivity contribution < 1.29 is 14.3 Å². The second-order valence-corrected chi connectivity index (χ2v) is 7.99. The zero-order chi connectivity index (χ0) is 20.5. The summed E-state index contributed by atoms with van der Waals surface area (Å²) >= 11 is 1.55. The number of carbonyl (C=O) groups excluding carboxylic acids is 2. The summed E-state index contributed by atoms with van der Waals surface area (Å²) in [6.07, 6.45) is 0. The number of nitrogens with zero attached hydrogens (tertiary/aromatic N) is 2. The van der Waals surface area contributed by atoms with Gasteiger partial charge in [-0.1, -0.05) is 30.3 Å². The maximum absolute atomic E-state index is 12.4. The van der Waals surface area contributed by atoms with E-state index in [0.29, 0.717) is 17.1 Å². The molecule has 2 heterocycles. The first kappa shape index (κ1) is 19.3. The molecule has 1 N–H and O–H groups in total. The summed E-state index contributed by atoms with van der Waals surface area (Å²) < 4.78 is 6.60. The van der Waals surface area contributed by atoms with Crippen molar-refractivity contribution in [3.63, 3.8) is 0 Å². The van der Waals surface area contributed by atoms with Crippen LogP contribution < -0.4 is 5.32 Å². The van der Waals surface area contributed by atoms with Crippen molar-refractivity contribution in [2.24, 2.45) is 0 Å². The van der Waals surface area contributed by atoms with Gasteiger partial charge in [0.05, 0.1) is 35.1 Å². The SMILES string of the molecule is COC(=O)c1ccc(C2SCC(=O)Nc3c2c(C)nn3-c2ccccc2C)cc1. The van der Waals surface area contributed by atoms with Crippen LogP contribution in [-0.2, 0) is 9.53 Å². The standard InChI is InChI=1S/C22H21N3O3S/c1-13-6-4-5-7-17(13)25-21-19(14(2)24-25)20(29-12-18(26)23-21)15-8-10-16(11-9-15)22(27)28-3/h4-11,20H,12H2,1-3H3,(H,23,26). The Kier molecular flexibility index (Phi) is 5.15. The minimum absolute atomic E-state index is 0.0559. The number of fused-ring (bicyclic) bond motifs is 1. The highest BCUT2D eigenvalue weighted by molar-refractivity contribution is 8.00. The van der Waals surface area contributed by atoms with Crippen molar-refractivity contribution in [2.45, 2.75) is 19.1 Å². The summed E-state index contributed by atoms with van der Waals surface area (Å²) in [6.45, 7) is 3.98. The lowest BCUT2D eigenvalue weighted by Crippen LogP contribution is -2.16. The maximum Gasteiger partial charge on any atom is 0.337 e. The number of aromatic nitrogens is 2. The van der Waals surface area contributed by atoms with Gasteiger partial charge in [-0.2, -0.15) is 5.10 Å². The predicted molar refractivity (Wildman–Crippen MR) is 114 cm³/mol. The molecular formula is C22H21N3O3S. The third-order valence-electron chi connectivity index (χ3n) is 4.99. The molecule has 0 radical (unpaired) electrons. The van der Waals surface area contributed by atoms with Crippen molar-refractivity contribution >= 4 is 29.5 Å². The zero-order valence-electron chi connectivity index (χ0n) is 16.4. The first-order chi connectivity index (χ1) is 14.0. The Morgan fingerprint density at radius 2 is 1.90 bits per heavy atom. The van der Waals surface area contributed by atoms with E-state index in [1.165, 1.54) is 7.11 Å². The fourth-order valence-electron chi connectivity index (χ4n) is 3.53. The Bertz CT molecular complexity index is 1090. The van der Waals surface area contributed by atoms with Crippen molar-refractivity contribution in [1.82, 2.24) is 9.78 Å². The molecule has 29 heavy (non-hydrogen) atoms. The number of aryl methyl sites for hydroxylation is 2. The van der Waals surface area contributed by atoms with Gasteiger partial charge in [0.25, 0.3) is 0 Å². The highest BCUT2D eigenvalue weighted by atomic mass is 32.2. The second-order valence-electron chi connectivity index (χ2n) is 6.90. The maximum atomic E-state index is 12.4. The summed E-state index contributed by atoms with van der Waals surface area (Å²) in [6, 6.07) is 15.3. The van der Waals surface area contributed by atoms with E-state index in [-0.39, 0.29) is 17.1 Å². The number of rotatable bonds is 3. The molecule has 1 atom stereocenters. The van der Waals surface area contributed by atoms with Crippen LogP contribution in [0.5, 0.6) is 0 Å². The average Bonchev–Trinajstić information content (AvgIpc) is 2.93. The molecule has 1 aliphatic rings. The normalized spacial score (nSPS) is 16.0. The molecule has 1 aromatic heterocycles. The van der Waals surface area contributed by atoms with Crippen LogP contribution in [0.4, 0.5) is 5.82 Å². The van der Waals surface area contributed by atoms with Gasteiger partial charge in [0.1, 0.15) is 5.82 Å². The van der Waals surface area contributed by atoms with Crippen LogP contribution in [0.2, 0.25) is 0 Å². The van der Waals surface area contributed by atoms with Gasteiger partial charge in [-0.15, -0.1) is 11.8 Å². The van der Waals surface area contributed by atoms with Crippen LogP contribution >= 0.6 is 11.8 Å². The van der Waals surface area contributed by atoms with Gasteiger partial charge < -0.3 is 10.1 Å². The van der Waals surface area contributed by atoms with Crippen molar-refractivity contribution in [3.05, 3.63) is 76.5 Å². The van der Waals surface area contributed by atoms with E-state index in [2.05, 4.69) is 5.32 Å². The summed E-state index contributed by atoms with van der Waals surface area (Å²) in [4.78, 5) is 24.2. The molecule has 0 aliphatic carbocycles. The third kappa shape index (κ3) is 3.53. The summed E-state index contributed by atoms with van der Waals surface area (Å²) in [5, 5.41) is 7.72. The number of esters is 1. The number of carbonyl (C=O) groups is 2. The van der Waals surface area contributed by atoms with Gasteiger partial charge in [0.2, 0.25) is 5.91 Å². The zero-order valence-corrected chi connectivity index (χ0v) is 17.2. The Hall–Kier alpha value is -3.06. The number of ether oxygens (including phenoxy) is 1. The molecule has 7 heteroatoms. The molecule has 4 rings (SSSR count). The number of methoxy groups -OCH3 is 1. The minimum atomic E-state index is -0.369. The van der Waals surface area contributed by atoms with Crippen LogP contribution in [0, 0.1) is 13.8 Å². The summed E-state index contributed by atoms with van der Waals surface area (Å²) in [5.74, 6) is 0.616. The monoisotopic (exact) mass is 407 g/mol. The lowest BCUT2D eigenvalue weighted by molar-refractivity contribution is -0.113. The molecule has 3 aromatic rings. The molecule has 0 fully saturated rings. The third-order valence-corrected chi connectivity index (χ3v) is 6.26. The van der Waals surface area contributed by atoms with E-state index in [0.717, 1.165) is 28.1 Å². The molecule has 1 aliphatic heterocycles. The summed E-state index contributed by atoms with van der Waals surface area (Å²) in [7, 11) is 1.37.